The molecule has 0 saturated heterocycles. The Balaban J connectivity index is 1.47. The van der Waals surface area contributed by atoms with Gasteiger partial charge in [-0.1, -0.05) is 23.7 Å². The average molecular weight is 492 g/mol. The molecule has 0 aromatic heterocycles. The normalized spacial score (nSPS) is 13.1. The van der Waals surface area contributed by atoms with Gasteiger partial charge in [-0.15, -0.1) is 0 Å². The molecule has 0 fully saturated rings. The van der Waals surface area contributed by atoms with E-state index in [4.69, 9.17) is 11.6 Å². The van der Waals surface area contributed by atoms with Gasteiger partial charge < -0.3 is 20.5 Å². The molecule has 0 aliphatic carbocycles. The Labute approximate surface area is 204 Å². The maximum Gasteiger partial charge on any atom is 0.337 e. The first-order valence-electron chi connectivity index (χ1n) is 10.2. The van der Waals surface area contributed by atoms with Crippen LogP contribution in [0.1, 0.15) is 20.7 Å². The second-order valence-electron chi connectivity index (χ2n) is 7.35. The Hall–Kier alpha value is -4.63. The number of carbonyl (C=O) groups excluding carboxylic acids is 4. The molecule has 9 nitrogen and oxygen atoms in total. The molecule has 35 heavy (non-hydrogen) atoms. The van der Waals surface area contributed by atoms with Crippen LogP contribution in [0, 0.1) is 0 Å². The van der Waals surface area contributed by atoms with E-state index in [1.807, 2.05) is 0 Å². The number of amides is 3. The van der Waals surface area contributed by atoms with Crippen LogP contribution in [0.5, 0.6) is 5.75 Å². The monoisotopic (exact) mass is 491 g/mol. The Bertz CT molecular complexity index is 1370. The van der Waals surface area contributed by atoms with Crippen molar-refractivity contribution in [1.29, 1.82) is 0 Å². The van der Waals surface area contributed by atoms with Gasteiger partial charge in [-0.2, -0.15) is 0 Å². The highest BCUT2D eigenvalue weighted by Gasteiger charge is 2.39. The zero-order valence-corrected chi connectivity index (χ0v) is 19.0. The van der Waals surface area contributed by atoms with Crippen LogP contribution in [0.25, 0.3) is 0 Å². The number of imide groups is 1. The molecule has 1 heterocycles. The molecule has 3 aromatic rings. The fraction of sp³-hybridized carbons (Fsp3) is 0.0400. The zero-order valence-electron chi connectivity index (χ0n) is 18.2. The van der Waals surface area contributed by atoms with Crippen LogP contribution in [0.2, 0.25) is 0 Å². The van der Waals surface area contributed by atoms with Gasteiger partial charge in [0, 0.05) is 11.3 Å². The average Bonchev–Trinajstić information content (AvgIpc) is 3.08. The third-order valence-electron chi connectivity index (χ3n) is 5.14. The van der Waals surface area contributed by atoms with E-state index in [1.54, 1.807) is 30.3 Å². The number of para-hydroxylation sites is 2. The van der Waals surface area contributed by atoms with E-state index in [0.29, 0.717) is 11.3 Å². The number of methoxy groups -OCH3 is 1. The first kappa shape index (κ1) is 23.5. The number of hydrogen-bond acceptors (Lipinski definition) is 7. The molecule has 1 aliphatic heterocycles. The van der Waals surface area contributed by atoms with Gasteiger partial charge in [-0.25, -0.2) is 9.69 Å². The van der Waals surface area contributed by atoms with Crippen molar-refractivity contribution in [3.8, 4) is 5.75 Å². The molecule has 3 amide bonds. The summed E-state index contributed by atoms with van der Waals surface area (Å²) < 4.78 is 4.64. The molecule has 0 spiro atoms. The Kier molecular flexibility index (Phi) is 6.52. The lowest BCUT2D eigenvalue weighted by atomic mass is 10.1. The molecule has 0 saturated carbocycles. The fourth-order valence-electron chi connectivity index (χ4n) is 3.33. The molecule has 3 N–H and O–H groups in total. The number of halogens is 1. The number of phenols is 1. The third-order valence-corrected chi connectivity index (χ3v) is 5.49. The SMILES string of the molecule is COC(=O)c1ccc(N2C(=O)C(Cl)=C(Nc3ccc(C(=O)Nc4ccccc4O)cc3)C2=O)cc1. The molecule has 3 aromatic carbocycles. The Morgan fingerprint density at radius 2 is 1.51 bits per heavy atom. The minimum absolute atomic E-state index is 0.0605. The van der Waals surface area contributed by atoms with Gasteiger partial charge >= 0.3 is 5.97 Å². The number of esters is 1. The van der Waals surface area contributed by atoms with E-state index in [9.17, 15) is 24.3 Å². The molecule has 1 aliphatic rings. The molecule has 0 radical (unpaired) electrons. The topological polar surface area (TPSA) is 125 Å². The van der Waals surface area contributed by atoms with E-state index in [-0.39, 0.29) is 33.4 Å². The van der Waals surface area contributed by atoms with Crippen LogP contribution >= 0.6 is 11.6 Å². The zero-order chi connectivity index (χ0) is 25.1. The number of benzene rings is 3. The fourth-order valence-corrected chi connectivity index (χ4v) is 3.55. The van der Waals surface area contributed by atoms with Crippen LogP contribution in [-0.2, 0) is 14.3 Å². The molecule has 0 bridgehead atoms. The van der Waals surface area contributed by atoms with Gasteiger partial charge in [0.05, 0.1) is 24.0 Å². The molecular weight excluding hydrogens is 474 g/mol. The number of rotatable bonds is 6. The maximum absolute atomic E-state index is 12.9. The second kappa shape index (κ2) is 9.70. The van der Waals surface area contributed by atoms with E-state index < -0.39 is 23.7 Å². The first-order valence-corrected chi connectivity index (χ1v) is 10.6. The number of ether oxygens (including phenoxy) is 1. The van der Waals surface area contributed by atoms with E-state index in [0.717, 1.165) is 4.90 Å². The van der Waals surface area contributed by atoms with Gasteiger partial charge in [0.2, 0.25) is 0 Å². The summed E-state index contributed by atoms with van der Waals surface area (Å²) in [7, 11) is 1.25. The van der Waals surface area contributed by atoms with Crippen LogP contribution in [0.15, 0.2) is 83.5 Å². The lowest BCUT2D eigenvalue weighted by Crippen LogP contribution is -2.32. The highest BCUT2D eigenvalue weighted by Crippen LogP contribution is 2.30. The van der Waals surface area contributed by atoms with Gasteiger partial charge in [0.1, 0.15) is 16.5 Å². The summed E-state index contributed by atoms with van der Waals surface area (Å²) in [6.07, 6.45) is 0. The summed E-state index contributed by atoms with van der Waals surface area (Å²) in [5.41, 5.74) is 1.37. The van der Waals surface area contributed by atoms with Gasteiger partial charge in [-0.3, -0.25) is 14.4 Å². The molecule has 0 atom stereocenters. The van der Waals surface area contributed by atoms with Crippen molar-refractivity contribution in [1.82, 2.24) is 0 Å². The first-order chi connectivity index (χ1) is 16.8. The van der Waals surface area contributed by atoms with Gasteiger partial charge in [0.15, 0.2) is 0 Å². The molecule has 0 unspecified atom stereocenters. The summed E-state index contributed by atoms with van der Waals surface area (Å²) in [5.74, 6) is -2.44. The van der Waals surface area contributed by atoms with Gasteiger partial charge in [-0.05, 0) is 60.7 Å². The summed E-state index contributed by atoms with van der Waals surface area (Å²) in [6.45, 7) is 0. The molecule has 4 rings (SSSR count). The van der Waals surface area contributed by atoms with Crippen molar-refractivity contribution in [2.45, 2.75) is 0 Å². The maximum atomic E-state index is 12.9. The van der Waals surface area contributed by atoms with E-state index in [1.165, 1.54) is 49.6 Å². The number of aromatic hydroxyl groups is 1. The largest absolute Gasteiger partial charge is 0.506 e. The standard InChI is InChI=1S/C25H18ClN3O6/c1-35-25(34)15-8-12-17(13-9-15)29-23(32)20(26)21(24(29)33)27-16-10-6-14(7-11-16)22(31)28-18-4-2-3-5-19(18)30/h2-13,27,30H,1H3,(H,28,31). The van der Waals surface area contributed by atoms with Crippen molar-refractivity contribution in [2.75, 3.05) is 22.6 Å². The highest BCUT2D eigenvalue weighted by atomic mass is 35.5. The number of nitrogens with zero attached hydrogens (tertiary/aromatic N) is 1. The number of anilines is 3. The van der Waals surface area contributed by atoms with Crippen molar-refractivity contribution in [3.05, 3.63) is 94.7 Å². The summed E-state index contributed by atoms with van der Waals surface area (Å²) >= 11 is 6.15. The molecule has 10 heteroatoms. The lowest BCUT2D eigenvalue weighted by molar-refractivity contribution is -0.120. The van der Waals surface area contributed by atoms with Crippen molar-refractivity contribution in [2.24, 2.45) is 0 Å². The minimum Gasteiger partial charge on any atom is -0.506 e. The van der Waals surface area contributed by atoms with E-state index >= 15 is 0 Å². The summed E-state index contributed by atoms with van der Waals surface area (Å²) in [4.78, 5) is 50.5. The Morgan fingerprint density at radius 1 is 0.886 bits per heavy atom. The summed E-state index contributed by atoms with van der Waals surface area (Å²) in [6, 6.07) is 18.2. The van der Waals surface area contributed by atoms with E-state index in [2.05, 4.69) is 15.4 Å². The van der Waals surface area contributed by atoms with Crippen molar-refractivity contribution in [3.63, 3.8) is 0 Å². The predicted molar refractivity (Wildman–Crippen MR) is 129 cm³/mol. The number of hydrogen-bond donors (Lipinski definition) is 3. The van der Waals surface area contributed by atoms with Crippen molar-refractivity contribution < 1.29 is 29.0 Å². The van der Waals surface area contributed by atoms with Crippen LogP contribution in [-0.4, -0.2) is 35.9 Å². The quantitative estimate of drug-likeness (QED) is 0.271. The smallest absolute Gasteiger partial charge is 0.337 e. The second-order valence-corrected chi connectivity index (χ2v) is 7.72. The Morgan fingerprint density at radius 3 is 2.14 bits per heavy atom. The third kappa shape index (κ3) is 4.71. The lowest BCUT2D eigenvalue weighted by Gasteiger charge is -2.15. The molecule has 176 valence electrons. The number of nitrogens with one attached hydrogen (secondary N) is 2. The minimum atomic E-state index is -0.719. The molecular formula is C25H18ClN3O6. The van der Waals surface area contributed by atoms with Crippen LogP contribution < -0.4 is 15.5 Å². The predicted octanol–water partition coefficient (Wildman–Crippen LogP) is 3.87. The van der Waals surface area contributed by atoms with Crippen LogP contribution in [0.4, 0.5) is 17.1 Å². The van der Waals surface area contributed by atoms with Crippen LogP contribution in [0.3, 0.4) is 0 Å². The number of phenolic OH excluding ortho intramolecular Hbond substituents is 1. The highest BCUT2D eigenvalue weighted by molar-refractivity contribution is 6.53. The van der Waals surface area contributed by atoms with Crippen molar-refractivity contribution >= 4 is 52.4 Å². The number of carbonyl (C=O) groups is 4. The van der Waals surface area contributed by atoms with Gasteiger partial charge in [0.25, 0.3) is 17.7 Å². The summed E-state index contributed by atoms with van der Waals surface area (Å²) in [5, 5.41) is 14.9.